The second kappa shape index (κ2) is 8.58. The molecule has 4 rings (SSSR count). The van der Waals surface area contributed by atoms with Crippen molar-refractivity contribution in [3.63, 3.8) is 0 Å². The number of halogens is 2. The molecular formula is C23H25ClFN3O4. The summed E-state index contributed by atoms with van der Waals surface area (Å²) in [5, 5.41) is 10.7. The maximum absolute atomic E-state index is 13.5. The highest BCUT2D eigenvalue weighted by Gasteiger charge is 2.42. The number of pyridine rings is 1. The molecule has 0 fully saturated rings. The molecule has 0 saturated carbocycles. The Morgan fingerprint density at radius 1 is 1.19 bits per heavy atom. The summed E-state index contributed by atoms with van der Waals surface area (Å²) in [6, 6.07) is 4.20. The van der Waals surface area contributed by atoms with Crippen LogP contribution in [0.15, 0.2) is 23.0 Å². The highest BCUT2D eigenvalue weighted by molar-refractivity contribution is 6.30. The number of carbonyl (C=O) groups excluding carboxylic acids is 2. The molecule has 9 heteroatoms. The van der Waals surface area contributed by atoms with Gasteiger partial charge in [0.1, 0.15) is 17.7 Å². The summed E-state index contributed by atoms with van der Waals surface area (Å²) in [5.41, 5.74) is 0.395. The third kappa shape index (κ3) is 3.56. The summed E-state index contributed by atoms with van der Waals surface area (Å²) in [5.74, 6) is -2.02. The molecule has 1 atom stereocenters. The van der Waals surface area contributed by atoms with E-state index < -0.39 is 29.2 Å². The van der Waals surface area contributed by atoms with E-state index >= 15 is 0 Å². The third-order valence-electron chi connectivity index (χ3n) is 6.31. The SMILES string of the molecule is CCCCCC1N(C)C(=O)c2c3c(c(O)c(=O)n21)C(=O)N(Cc1ccc(F)c(Cl)c1)CC3. The van der Waals surface area contributed by atoms with E-state index in [1.807, 2.05) is 0 Å². The number of carbonyl (C=O) groups is 2. The number of fused-ring (bicyclic) bond motifs is 3. The van der Waals surface area contributed by atoms with Crippen molar-refractivity contribution in [1.82, 2.24) is 14.4 Å². The Labute approximate surface area is 190 Å². The number of aromatic hydroxyl groups is 1. The molecule has 2 aromatic rings. The van der Waals surface area contributed by atoms with Gasteiger partial charge in [0.2, 0.25) is 0 Å². The van der Waals surface area contributed by atoms with Gasteiger partial charge < -0.3 is 14.9 Å². The fourth-order valence-electron chi connectivity index (χ4n) is 4.61. The summed E-state index contributed by atoms with van der Waals surface area (Å²) in [7, 11) is 1.64. The molecule has 0 radical (unpaired) electrons. The fourth-order valence-corrected chi connectivity index (χ4v) is 4.81. The van der Waals surface area contributed by atoms with Gasteiger partial charge in [-0.05, 0) is 37.0 Å². The van der Waals surface area contributed by atoms with Crippen molar-refractivity contribution in [1.29, 1.82) is 0 Å². The molecule has 1 aromatic carbocycles. The normalized spacial score (nSPS) is 17.7. The number of amides is 2. The minimum Gasteiger partial charge on any atom is -0.502 e. The molecule has 7 nitrogen and oxygen atoms in total. The zero-order chi connectivity index (χ0) is 23.2. The molecule has 2 aliphatic heterocycles. The van der Waals surface area contributed by atoms with Crippen LogP contribution in [0.4, 0.5) is 4.39 Å². The number of rotatable bonds is 6. The zero-order valence-electron chi connectivity index (χ0n) is 18.0. The Kier molecular flexibility index (Phi) is 5.99. The van der Waals surface area contributed by atoms with E-state index in [0.29, 0.717) is 30.5 Å². The maximum atomic E-state index is 13.5. The summed E-state index contributed by atoms with van der Waals surface area (Å²) in [6.45, 7) is 2.51. The van der Waals surface area contributed by atoms with Gasteiger partial charge in [0.15, 0.2) is 5.75 Å². The van der Waals surface area contributed by atoms with Crippen molar-refractivity contribution in [2.75, 3.05) is 13.6 Å². The Morgan fingerprint density at radius 2 is 1.94 bits per heavy atom. The lowest BCUT2D eigenvalue weighted by Crippen LogP contribution is -2.40. The molecule has 0 spiro atoms. The van der Waals surface area contributed by atoms with Crippen LogP contribution in [0.5, 0.6) is 5.75 Å². The first kappa shape index (κ1) is 22.3. The Hall–Kier alpha value is -2.87. The minimum atomic E-state index is -0.724. The highest BCUT2D eigenvalue weighted by atomic mass is 35.5. The van der Waals surface area contributed by atoms with Crippen LogP contribution in [0.3, 0.4) is 0 Å². The Balaban J connectivity index is 1.72. The lowest BCUT2D eigenvalue weighted by molar-refractivity contribution is 0.0722. The van der Waals surface area contributed by atoms with Gasteiger partial charge in [0.05, 0.1) is 10.6 Å². The van der Waals surface area contributed by atoms with Crippen LogP contribution < -0.4 is 5.56 Å². The van der Waals surface area contributed by atoms with Crippen molar-refractivity contribution in [3.05, 3.63) is 61.8 Å². The van der Waals surface area contributed by atoms with Gasteiger partial charge >= 0.3 is 0 Å². The Bertz CT molecular complexity index is 1160. The average molecular weight is 462 g/mol. The van der Waals surface area contributed by atoms with Crippen LogP contribution in [0.2, 0.25) is 5.02 Å². The van der Waals surface area contributed by atoms with Gasteiger partial charge in [0, 0.05) is 25.7 Å². The predicted octanol–water partition coefficient (Wildman–Crippen LogP) is 3.71. The summed E-state index contributed by atoms with van der Waals surface area (Å²) in [6.07, 6.45) is 3.27. The van der Waals surface area contributed by atoms with Crippen molar-refractivity contribution < 1.29 is 19.1 Å². The van der Waals surface area contributed by atoms with Crippen molar-refractivity contribution in [3.8, 4) is 5.75 Å². The predicted molar refractivity (Wildman–Crippen MR) is 117 cm³/mol. The standard InChI is InChI=1S/C23H25ClFN3O4/c1-3-4-5-6-17-26(2)22(31)19-14-9-10-27(12-13-7-8-16(25)15(24)11-13)21(30)18(14)20(29)23(32)28(17)19/h7-8,11,17,29H,3-6,9-10,12H2,1-2H3. The topological polar surface area (TPSA) is 82.9 Å². The van der Waals surface area contributed by atoms with Gasteiger partial charge in [-0.3, -0.25) is 19.0 Å². The smallest absolute Gasteiger partial charge is 0.295 e. The largest absolute Gasteiger partial charge is 0.502 e. The molecular weight excluding hydrogens is 437 g/mol. The molecule has 2 amide bonds. The molecule has 1 aromatic heterocycles. The van der Waals surface area contributed by atoms with Gasteiger partial charge in [0.25, 0.3) is 17.4 Å². The lowest BCUT2D eigenvalue weighted by atomic mass is 9.95. The highest BCUT2D eigenvalue weighted by Crippen LogP contribution is 2.36. The van der Waals surface area contributed by atoms with E-state index in [1.165, 1.54) is 32.6 Å². The van der Waals surface area contributed by atoms with Crippen molar-refractivity contribution in [2.45, 2.75) is 51.7 Å². The molecule has 32 heavy (non-hydrogen) atoms. The first-order valence-corrected chi connectivity index (χ1v) is 11.1. The first-order valence-electron chi connectivity index (χ1n) is 10.8. The number of unbranched alkanes of at least 4 members (excludes halogenated alkanes) is 2. The molecule has 170 valence electrons. The van der Waals surface area contributed by atoms with Gasteiger partial charge in [-0.1, -0.05) is 37.4 Å². The molecule has 2 aliphatic rings. The summed E-state index contributed by atoms with van der Waals surface area (Å²) >= 11 is 5.84. The monoisotopic (exact) mass is 461 g/mol. The van der Waals surface area contributed by atoms with Crippen LogP contribution in [0.1, 0.15) is 70.7 Å². The minimum absolute atomic E-state index is 0.0472. The lowest BCUT2D eigenvalue weighted by Gasteiger charge is -2.30. The average Bonchev–Trinajstić information content (AvgIpc) is 3.01. The molecule has 1 unspecified atom stereocenters. The molecule has 0 aliphatic carbocycles. The van der Waals surface area contributed by atoms with Crippen LogP contribution in [-0.4, -0.2) is 44.9 Å². The van der Waals surface area contributed by atoms with Crippen molar-refractivity contribution in [2.24, 2.45) is 0 Å². The number of benzene rings is 1. The first-order chi connectivity index (χ1) is 15.3. The summed E-state index contributed by atoms with van der Waals surface area (Å²) < 4.78 is 14.8. The van der Waals surface area contributed by atoms with E-state index in [1.54, 1.807) is 7.05 Å². The van der Waals surface area contributed by atoms with Gasteiger partial charge in [-0.15, -0.1) is 0 Å². The summed E-state index contributed by atoms with van der Waals surface area (Å²) in [4.78, 5) is 42.3. The Morgan fingerprint density at radius 3 is 2.62 bits per heavy atom. The third-order valence-corrected chi connectivity index (χ3v) is 6.60. The second-order valence-electron chi connectivity index (χ2n) is 8.34. The maximum Gasteiger partial charge on any atom is 0.295 e. The fraction of sp³-hybridized carbons (Fsp3) is 0.435. The van der Waals surface area contributed by atoms with Crippen LogP contribution >= 0.6 is 11.6 Å². The van der Waals surface area contributed by atoms with Crippen LogP contribution in [0, 0.1) is 5.82 Å². The van der Waals surface area contributed by atoms with E-state index in [2.05, 4.69) is 6.92 Å². The van der Waals surface area contributed by atoms with Crippen LogP contribution in [-0.2, 0) is 13.0 Å². The number of aromatic nitrogens is 1. The zero-order valence-corrected chi connectivity index (χ0v) is 18.8. The number of hydrogen-bond donors (Lipinski definition) is 1. The van der Waals surface area contributed by atoms with Gasteiger partial charge in [-0.2, -0.15) is 0 Å². The van der Waals surface area contributed by atoms with Crippen LogP contribution in [0.25, 0.3) is 0 Å². The quantitative estimate of drug-likeness (QED) is 0.665. The van der Waals surface area contributed by atoms with E-state index in [0.717, 1.165) is 19.3 Å². The van der Waals surface area contributed by atoms with Crippen molar-refractivity contribution >= 4 is 23.4 Å². The number of nitrogens with zero attached hydrogens (tertiary/aromatic N) is 3. The van der Waals surface area contributed by atoms with E-state index in [9.17, 15) is 23.9 Å². The molecule has 1 N–H and O–H groups in total. The molecule has 3 heterocycles. The van der Waals surface area contributed by atoms with E-state index in [4.69, 9.17) is 11.6 Å². The van der Waals surface area contributed by atoms with E-state index in [-0.39, 0.29) is 28.7 Å². The number of hydrogen-bond acceptors (Lipinski definition) is 4. The molecule has 0 saturated heterocycles. The second-order valence-corrected chi connectivity index (χ2v) is 8.75. The molecule has 0 bridgehead atoms. The van der Waals surface area contributed by atoms with Gasteiger partial charge in [-0.25, -0.2) is 4.39 Å².